The Balaban J connectivity index is 2.24. The van der Waals surface area contributed by atoms with Gasteiger partial charge in [0.25, 0.3) is 5.91 Å². The molecule has 0 fully saturated rings. The minimum absolute atomic E-state index is 0.0448. The van der Waals surface area contributed by atoms with Gasteiger partial charge < -0.3 is 14.7 Å². The molecular weight excluding hydrogens is 277 g/mol. The van der Waals surface area contributed by atoms with Crippen LogP contribution in [0.1, 0.15) is 5.56 Å². The molecule has 0 aromatic heterocycles. The molecular formula is C12H11Cl2NO3. The standard InChI is InChI=1S/C12H11Cl2NO3/c1-18-8-5-3-2-4-7(8)6-15-11(16)9(13)10(14)12(15)17/h2-5,11,16H,6H2,1H3. The highest BCUT2D eigenvalue weighted by Gasteiger charge is 2.36. The molecule has 1 N–H and O–H groups in total. The summed E-state index contributed by atoms with van der Waals surface area (Å²) < 4.78 is 5.18. The maximum absolute atomic E-state index is 11.8. The predicted molar refractivity (Wildman–Crippen MR) is 68.3 cm³/mol. The van der Waals surface area contributed by atoms with Crippen molar-refractivity contribution < 1.29 is 14.6 Å². The zero-order valence-corrected chi connectivity index (χ0v) is 11.1. The summed E-state index contributed by atoms with van der Waals surface area (Å²) >= 11 is 11.5. The lowest BCUT2D eigenvalue weighted by Gasteiger charge is -2.22. The third-order valence-electron chi connectivity index (χ3n) is 2.71. The van der Waals surface area contributed by atoms with Crippen LogP contribution in [0.4, 0.5) is 0 Å². The second kappa shape index (κ2) is 5.18. The van der Waals surface area contributed by atoms with Gasteiger partial charge in [-0.1, -0.05) is 41.4 Å². The second-order valence-electron chi connectivity index (χ2n) is 3.78. The third kappa shape index (κ3) is 2.19. The smallest absolute Gasteiger partial charge is 0.269 e. The summed E-state index contributed by atoms with van der Waals surface area (Å²) in [5, 5.41) is 9.63. The molecule has 0 aliphatic carbocycles. The summed E-state index contributed by atoms with van der Waals surface area (Å²) in [5.41, 5.74) is 0.767. The Morgan fingerprint density at radius 1 is 1.39 bits per heavy atom. The van der Waals surface area contributed by atoms with Crippen LogP contribution in [0.25, 0.3) is 0 Å². The van der Waals surface area contributed by atoms with Gasteiger partial charge in [0.1, 0.15) is 10.8 Å². The first-order valence-electron chi connectivity index (χ1n) is 5.22. The fourth-order valence-corrected chi connectivity index (χ4v) is 2.17. The number of carbonyl (C=O) groups is 1. The normalized spacial score (nSPS) is 19.7. The Morgan fingerprint density at radius 2 is 2.06 bits per heavy atom. The van der Waals surface area contributed by atoms with Crippen molar-refractivity contribution in [3.05, 3.63) is 39.9 Å². The number of carbonyl (C=O) groups excluding carboxylic acids is 1. The minimum Gasteiger partial charge on any atom is -0.496 e. The van der Waals surface area contributed by atoms with E-state index in [1.54, 1.807) is 19.2 Å². The van der Waals surface area contributed by atoms with E-state index in [1.807, 2.05) is 12.1 Å². The molecule has 1 amide bonds. The van der Waals surface area contributed by atoms with Gasteiger partial charge in [0, 0.05) is 5.56 Å². The Hall–Kier alpha value is -1.23. The van der Waals surface area contributed by atoms with E-state index in [-0.39, 0.29) is 16.6 Å². The highest BCUT2D eigenvalue weighted by atomic mass is 35.5. The molecule has 0 saturated heterocycles. The van der Waals surface area contributed by atoms with Gasteiger partial charge in [0.05, 0.1) is 18.7 Å². The van der Waals surface area contributed by atoms with Crippen LogP contribution >= 0.6 is 23.2 Å². The molecule has 1 aliphatic rings. The molecule has 4 nitrogen and oxygen atoms in total. The first-order valence-corrected chi connectivity index (χ1v) is 5.98. The predicted octanol–water partition coefficient (Wildman–Crippen LogP) is 2.05. The maximum Gasteiger partial charge on any atom is 0.269 e. The molecule has 6 heteroatoms. The number of rotatable bonds is 3. The van der Waals surface area contributed by atoms with Crippen molar-refractivity contribution >= 4 is 29.1 Å². The number of aliphatic hydroxyl groups excluding tert-OH is 1. The Bertz CT molecular complexity index is 516. The summed E-state index contributed by atoms with van der Waals surface area (Å²) in [6, 6.07) is 7.22. The highest BCUT2D eigenvalue weighted by Crippen LogP contribution is 2.32. The highest BCUT2D eigenvalue weighted by molar-refractivity contribution is 6.49. The van der Waals surface area contributed by atoms with Crippen LogP contribution < -0.4 is 4.74 Å². The molecule has 96 valence electrons. The third-order valence-corrected chi connectivity index (χ3v) is 3.56. The summed E-state index contributed by atoms with van der Waals surface area (Å²) in [6.45, 7) is 0.177. The number of hydrogen-bond donors (Lipinski definition) is 1. The Labute approximate surface area is 114 Å². The molecule has 0 saturated carbocycles. The number of hydrogen-bond acceptors (Lipinski definition) is 3. The summed E-state index contributed by atoms with van der Waals surface area (Å²) in [7, 11) is 1.54. The lowest BCUT2D eigenvalue weighted by Crippen LogP contribution is -2.34. The van der Waals surface area contributed by atoms with Crippen LogP contribution in [0.5, 0.6) is 5.75 Å². The van der Waals surface area contributed by atoms with Gasteiger partial charge in [0.2, 0.25) is 0 Å². The van der Waals surface area contributed by atoms with E-state index in [0.29, 0.717) is 5.75 Å². The number of nitrogens with zero attached hydrogens (tertiary/aromatic N) is 1. The largest absolute Gasteiger partial charge is 0.496 e. The fourth-order valence-electron chi connectivity index (χ4n) is 1.76. The molecule has 1 aromatic carbocycles. The van der Waals surface area contributed by atoms with Crippen LogP contribution in [0.15, 0.2) is 34.3 Å². The number of amides is 1. The monoisotopic (exact) mass is 287 g/mol. The van der Waals surface area contributed by atoms with E-state index in [4.69, 9.17) is 27.9 Å². The van der Waals surface area contributed by atoms with Crippen LogP contribution in [-0.2, 0) is 11.3 Å². The van der Waals surface area contributed by atoms with E-state index >= 15 is 0 Å². The number of benzene rings is 1. The molecule has 1 aromatic rings. The van der Waals surface area contributed by atoms with Gasteiger partial charge in [0.15, 0.2) is 6.23 Å². The number of methoxy groups -OCH3 is 1. The van der Waals surface area contributed by atoms with Crippen LogP contribution in [0.3, 0.4) is 0 Å². The van der Waals surface area contributed by atoms with Crippen molar-refractivity contribution in [2.24, 2.45) is 0 Å². The summed E-state index contributed by atoms with van der Waals surface area (Å²) in [5.74, 6) is 0.150. The first-order chi connectivity index (χ1) is 8.56. The molecule has 1 heterocycles. The van der Waals surface area contributed by atoms with Crippen molar-refractivity contribution in [3.63, 3.8) is 0 Å². The molecule has 1 atom stereocenters. The van der Waals surface area contributed by atoms with Crippen molar-refractivity contribution in [1.82, 2.24) is 4.90 Å². The van der Waals surface area contributed by atoms with E-state index in [1.165, 1.54) is 4.90 Å². The van der Waals surface area contributed by atoms with Gasteiger partial charge in [-0.15, -0.1) is 0 Å². The summed E-state index contributed by atoms with van der Waals surface area (Å²) in [4.78, 5) is 13.0. The number of ether oxygens (including phenoxy) is 1. The topological polar surface area (TPSA) is 49.8 Å². The van der Waals surface area contributed by atoms with Crippen LogP contribution in [0, 0.1) is 0 Å². The maximum atomic E-state index is 11.8. The molecule has 18 heavy (non-hydrogen) atoms. The van der Waals surface area contributed by atoms with E-state index < -0.39 is 12.1 Å². The minimum atomic E-state index is -1.20. The number of halogens is 2. The van der Waals surface area contributed by atoms with Crippen molar-refractivity contribution in [2.45, 2.75) is 12.8 Å². The Morgan fingerprint density at radius 3 is 2.61 bits per heavy atom. The van der Waals surface area contributed by atoms with Gasteiger partial charge in [-0.2, -0.15) is 0 Å². The van der Waals surface area contributed by atoms with Crippen LogP contribution in [-0.4, -0.2) is 29.3 Å². The lowest BCUT2D eigenvalue weighted by molar-refractivity contribution is -0.132. The second-order valence-corrected chi connectivity index (χ2v) is 4.57. The van der Waals surface area contributed by atoms with Crippen molar-refractivity contribution in [1.29, 1.82) is 0 Å². The fraction of sp³-hybridized carbons (Fsp3) is 0.250. The zero-order chi connectivity index (χ0) is 13.3. The van der Waals surface area contributed by atoms with Crippen LogP contribution in [0.2, 0.25) is 0 Å². The quantitative estimate of drug-likeness (QED) is 0.926. The molecule has 0 bridgehead atoms. The first kappa shape index (κ1) is 13.2. The van der Waals surface area contributed by atoms with Gasteiger partial charge in [-0.05, 0) is 6.07 Å². The van der Waals surface area contributed by atoms with Gasteiger partial charge in [-0.25, -0.2) is 0 Å². The van der Waals surface area contributed by atoms with Crippen molar-refractivity contribution in [2.75, 3.05) is 7.11 Å². The Kier molecular flexibility index (Phi) is 3.80. The molecule has 1 unspecified atom stereocenters. The summed E-state index contributed by atoms with van der Waals surface area (Å²) in [6.07, 6.45) is -1.20. The van der Waals surface area contributed by atoms with Gasteiger partial charge >= 0.3 is 0 Å². The van der Waals surface area contributed by atoms with E-state index in [9.17, 15) is 9.90 Å². The van der Waals surface area contributed by atoms with Crippen molar-refractivity contribution in [3.8, 4) is 5.75 Å². The SMILES string of the molecule is COc1ccccc1CN1C(=O)C(Cl)=C(Cl)C1O. The number of aliphatic hydroxyl groups is 1. The molecule has 1 aliphatic heterocycles. The molecule has 0 radical (unpaired) electrons. The average molecular weight is 288 g/mol. The number of para-hydroxylation sites is 1. The van der Waals surface area contributed by atoms with E-state index in [0.717, 1.165) is 5.56 Å². The molecule has 0 spiro atoms. The zero-order valence-electron chi connectivity index (χ0n) is 9.56. The molecule has 2 rings (SSSR count). The van der Waals surface area contributed by atoms with E-state index in [2.05, 4.69) is 0 Å². The lowest BCUT2D eigenvalue weighted by atomic mass is 10.2. The van der Waals surface area contributed by atoms with Gasteiger partial charge in [-0.3, -0.25) is 4.79 Å². The average Bonchev–Trinajstić information content (AvgIpc) is 2.57.